The molecule has 0 aliphatic heterocycles. The molecule has 2 heterocycles. The molecular formula is C14H13FN4O3. The van der Waals surface area contributed by atoms with Gasteiger partial charge in [-0.1, -0.05) is 13.8 Å². The monoisotopic (exact) mass is 304 g/mol. The van der Waals surface area contributed by atoms with Gasteiger partial charge in [-0.25, -0.2) is 9.18 Å². The van der Waals surface area contributed by atoms with Crippen molar-refractivity contribution in [2.24, 2.45) is 0 Å². The lowest BCUT2D eigenvalue weighted by Gasteiger charge is -1.95. The van der Waals surface area contributed by atoms with Gasteiger partial charge in [0.2, 0.25) is 17.7 Å². The molecule has 0 aliphatic carbocycles. The average Bonchev–Trinajstić information content (AvgIpc) is 3.08. The van der Waals surface area contributed by atoms with E-state index in [1.807, 2.05) is 13.8 Å². The van der Waals surface area contributed by atoms with Gasteiger partial charge in [0.05, 0.1) is 0 Å². The van der Waals surface area contributed by atoms with Gasteiger partial charge in [-0.3, -0.25) is 0 Å². The highest BCUT2D eigenvalue weighted by Crippen LogP contribution is 2.16. The second-order valence-electron chi connectivity index (χ2n) is 5.03. The zero-order chi connectivity index (χ0) is 15.7. The lowest BCUT2D eigenvalue weighted by Crippen LogP contribution is -2.16. The van der Waals surface area contributed by atoms with Crippen LogP contribution in [0.1, 0.15) is 31.5 Å². The van der Waals surface area contributed by atoms with Crippen molar-refractivity contribution in [2.75, 3.05) is 0 Å². The molecule has 0 unspecified atom stereocenters. The number of halogens is 1. The van der Waals surface area contributed by atoms with E-state index in [1.54, 1.807) is 0 Å². The fraction of sp³-hybridized carbons (Fsp3) is 0.286. The van der Waals surface area contributed by atoms with Crippen LogP contribution in [0.25, 0.3) is 11.5 Å². The van der Waals surface area contributed by atoms with Crippen LogP contribution in [0.2, 0.25) is 0 Å². The molecule has 114 valence electrons. The summed E-state index contributed by atoms with van der Waals surface area (Å²) in [5.41, 5.74) is 0.505. The summed E-state index contributed by atoms with van der Waals surface area (Å²) in [7, 11) is 0. The molecule has 8 heteroatoms. The van der Waals surface area contributed by atoms with E-state index in [-0.39, 0.29) is 30.1 Å². The highest BCUT2D eigenvalue weighted by atomic mass is 19.1. The molecule has 0 fully saturated rings. The second-order valence-corrected chi connectivity index (χ2v) is 5.03. The summed E-state index contributed by atoms with van der Waals surface area (Å²) in [5, 5.41) is 11.8. The van der Waals surface area contributed by atoms with E-state index in [0.29, 0.717) is 11.5 Å². The lowest BCUT2D eigenvalue weighted by molar-refractivity contribution is 0.405. The molecule has 0 amide bonds. The summed E-state index contributed by atoms with van der Waals surface area (Å²) < 4.78 is 24.4. The van der Waals surface area contributed by atoms with Crippen LogP contribution in [0.15, 0.2) is 37.9 Å². The molecule has 0 spiro atoms. The first-order valence-corrected chi connectivity index (χ1v) is 6.69. The van der Waals surface area contributed by atoms with Crippen LogP contribution in [0.4, 0.5) is 4.39 Å². The van der Waals surface area contributed by atoms with E-state index in [2.05, 4.69) is 15.3 Å². The number of hydrogen-bond donors (Lipinski definition) is 0. The molecule has 3 rings (SSSR count). The minimum absolute atomic E-state index is 0.0171. The van der Waals surface area contributed by atoms with Crippen molar-refractivity contribution in [3.63, 3.8) is 0 Å². The van der Waals surface area contributed by atoms with Crippen molar-refractivity contribution in [3.05, 3.63) is 52.4 Å². The van der Waals surface area contributed by atoms with Crippen molar-refractivity contribution in [3.8, 4) is 11.5 Å². The molecule has 2 aromatic heterocycles. The molecule has 7 nitrogen and oxygen atoms in total. The number of nitrogens with zero attached hydrogens (tertiary/aromatic N) is 4. The fourth-order valence-electron chi connectivity index (χ4n) is 1.81. The summed E-state index contributed by atoms with van der Waals surface area (Å²) in [6, 6.07) is 5.49. The van der Waals surface area contributed by atoms with E-state index < -0.39 is 5.76 Å². The quantitative estimate of drug-likeness (QED) is 0.734. The van der Waals surface area contributed by atoms with Crippen LogP contribution in [0.5, 0.6) is 0 Å². The summed E-state index contributed by atoms with van der Waals surface area (Å²) in [4.78, 5) is 11.8. The van der Waals surface area contributed by atoms with Crippen molar-refractivity contribution >= 4 is 0 Å². The van der Waals surface area contributed by atoms with Gasteiger partial charge in [-0.2, -0.15) is 4.68 Å². The summed E-state index contributed by atoms with van der Waals surface area (Å²) >= 11 is 0. The number of rotatable bonds is 4. The van der Waals surface area contributed by atoms with Gasteiger partial charge in [0.1, 0.15) is 12.4 Å². The third kappa shape index (κ3) is 2.80. The summed E-state index contributed by atoms with van der Waals surface area (Å²) in [5.74, 6) is -0.0602. The predicted molar refractivity (Wildman–Crippen MR) is 73.6 cm³/mol. The highest BCUT2D eigenvalue weighted by molar-refractivity contribution is 5.51. The highest BCUT2D eigenvalue weighted by Gasteiger charge is 2.15. The Labute approximate surface area is 124 Å². The van der Waals surface area contributed by atoms with Gasteiger partial charge in [0, 0.05) is 11.5 Å². The Morgan fingerprint density at radius 2 is 1.91 bits per heavy atom. The normalized spacial score (nSPS) is 11.3. The van der Waals surface area contributed by atoms with Gasteiger partial charge in [0.15, 0.2) is 0 Å². The molecule has 0 radical (unpaired) electrons. The van der Waals surface area contributed by atoms with E-state index in [9.17, 15) is 9.18 Å². The fourth-order valence-corrected chi connectivity index (χ4v) is 1.81. The largest absolute Gasteiger partial charge is 0.437 e. The third-order valence-corrected chi connectivity index (χ3v) is 2.96. The zero-order valence-electron chi connectivity index (χ0n) is 12.0. The minimum Gasteiger partial charge on any atom is -0.423 e. The Morgan fingerprint density at radius 3 is 2.55 bits per heavy atom. The lowest BCUT2D eigenvalue weighted by atomic mass is 10.2. The van der Waals surface area contributed by atoms with Crippen LogP contribution >= 0.6 is 0 Å². The molecule has 1 aromatic carbocycles. The number of hydrogen-bond acceptors (Lipinski definition) is 6. The van der Waals surface area contributed by atoms with Crippen LogP contribution in [-0.2, 0) is 6.54 Å². The smallest absolute Gasteiger partial charge is 0.423 e. The summed E-state index contributed by atoms with van der Waals surface area (Å²) in [6.45, 7) is 3.86. The Hall–Kier alpha value is -2.77. The molecule has 0 aliphatic rings. The van der Waals surface area contributed by atoms with Gasteiger partial charge in [-0.15, -0.1) is 15.3 Å². The predicted octanol–water partition coefficient (Wildman–Crippen LogP) is 2.20. The summed E-state index contributed by atoms with van der Waals surface area (Å²) in [6.07, 6.45) is 0. The molecular weight excluding hydrogens is 291 g/mol. The molecule has 0 saturated heterocycles. The third-order valence-electron chi connectivity index (χ3n) is 2.96. The Morgan fingerprint density at radius 1 is 1.18 bits per heavy atom. The Bertz CT molecular complexity index is 832. The van der Waals surface area contributed by atoms with Crippen molar-refractivity contribution in [1.82, 2.24) is 20.0 Å². The maximum Gasteiger partial charge on any atom is 0.437 e. The Balaban J connectivity index is 1.85. The maximum atomic E-state index is 12.9. The van der Waals surface area contributed by atoms with Crippen LogP contribution in [0.3, 0.4) is 0 Å². The molecule has 22 heavy (non-hydrogen) atoms. The molecule has 0 saturated carbocycles. The van der Waals surface area contributed by atoms with Crippen LogP contribution in [0, 0.1) is 5.82 Å². The number of benzene rings is 1. The molecule has 0 atom stereocenters. The molecule has 3 aromatic rings. The van der Waals surface area contributed by atoms with Gasteiger partial charge in [0.25, 0.3) is 0 Å². The van der Waals surface area contributed by atoms with E-state index >= 15 is 0 Å². The zero-order valence-corrected chi connectivity index (χ0v) is 12.0. The van der Waals surface area contributed by atoms with E-state index in [4.69, 9.17) is 8.83 Å². The van der Waals surface area contributed by atoms with E-state index in [0.717, 1.165) is 4.68 Å². The van der Waals surface area contributed by atoms with Crippen molar-refractivity contribution in [1.29, 1.82) is 0 Å². The second kappa shape index (κ2) is 5.55. The first-order valence-electron chi connectivity index (χ1n) is 6.69. The van der Waals surface area contributed by atoms with Crippen LogP contribution < -0.4 is 5.76 Å². The van der Waals surface area contributed by atoms with Crippen LogP contribution in [-0.4, -0.2) is 20.0 Å². The minimum atomic E-state index is -0.649. The van der Waals surface area contributed by atoms with E-state index in [1.165, 1.54) is 24.3 Å². The first-order chi connectivity index (χ1) is 10.5. The Kier molecular flexibility index (Phi) is 3.58. The van der Waals surface area contributed by atoms with Gasteiger partial charge in [-0.05, 0) is 24.3 Å². The van der Waals surface area contributed by atoms with Gasteiger partial charge >= 0.3 is 5.76 Å². The van der Waals surface area contributed by atoms with Gasteiger partial charge < -0.3 is 8.83 Å². The topological polar surface area (TPSA) is 87.0 Å². The first kappa shape index (κ1) is 14.2. The standard InChI is InChI=1S/C14H13FN4O3/c1-8(2)12-17-16-11(21-12)7-19-14(20)22-13(18-19)9-3-5-10(15)6-4-9/h3-6,8H,7H2,1-2H3. The molecule has 0 bridgehead atoms. The SMILES string of the molecule is CC(C)c1nnc(Cn2nc(-c3ccc(F)cc3)oc2=O)o1. The number of aromatic nitrogens is 4. The maximum absolute atomic E-state index is 12.9. The average molecular weight is 304 g/mol. The molecule has 0 N–H and O–H groups in total. The van der Waals surface area contributed by atoms with Crippen molar-refractivity contribution < 1.29 is 13.2 Å². The van der Waals surface area contributed by atoms with Crippen molar-refractivity contribution in [2.45, 2.75) is 26.3 Å².